The number of benzene rings is 1. The van der Waals surface area contributed by atoms with Crippen molar-refractivity contribution in [2.24, 2.45) is 11.7 Å². The van der Waals surface area contributed by atoms with E-state index in [0.29, 0.717) is 6.54 Å². The summed E-state index contributed by atoms with van der Waals surface area (Å²) in [5.41, 5.74) is 6.45. The zero-order valence-electron chi connectivity index (χ0n) is 13.3. The number of nitrogens with one attached hydrogen (secondary N) is 2. The van der Waals surface area contributed by atoms with Crippen molar-refractivity contribution >= 4 is 11.9 Å². The molecule has 5 nitrogen and oxygen atoms in total. The topological polar surface area (TPSA) is 84.2 Å². The average molecular weight is 303 g/mol. The van der Waals surface area contributed by atoms with Gasteiger partial charge in [0.1, 0.15) is 6.04 Å². The Bertz CT molecular complexity index is 524. The largest absolute Gasteiger partial charge is 0.353 e. The molecule has 1 aliphatic carbocycles. The second-order valence-electron chi connectivity index (χ2n) is 6.45. The summed E-state index contributed by atoms with van der Waals surface area (Å²) in [6.07, 6.45) is 3.33. The summed E-state index contributed by atoms with van der Waals surface area (Å²) in [7, 11) is 0. The molecule has 1 unspecified atom stereocenters. The molecule has 0 saturated heterocycles. The Balaban J connectivity index is 2.01. The van der Waals surface area contributed by atoms with E-state index in [1.165, 1.54) is 12.0 Å². The molecule has 0 aromatic heterocycles. The Morgan fingerprint density at radius 3 is 2.32 bits per heavy atom. The Labute approximate surface area is 131 Å². The lowest BCUT2D eigenvalue weighted by Crippen LogP contribution is -2.54. The fraction of sp³-hybridized carbons (Fsp3) is 0.529. The molecular formula is C17H25N3O2. The summed E-state index contributed by atoms with van der Waals surface area (Å²) in [5, 5.41) is 5.52. The number of urea groups is 1. The van der Waals surface area contributed by atoms with Crippen molar-refractivity contribution in [1.82, 2.24) is 10.6 Å². The summed E-state index contributed by atoms with van der Waals surface area (Å²) in [6.45, 7) is 4.37. The highest BCUT2D eigenvalue weighted by atomic mass is 16.2. The second-order valence-corrected chi connectivity index (χ2v) is 6.45. The van der Waals surface area contributed by atoms with Crippen molar-refractivity contribution in [2.45, 2.75) is 44.6 Å². The number of carbonyl (C=O) groups is 2. The van der Waals surface area contributed by atoms with Gasteiger partial charge in [0.05, 0.1) is 0 Å². The Hall–Kier alpha value is -2.04. The van der Waals surface area contributed by atoms with Crippen LogP contribution in [0.4, 0.5) is 4.79 Å². The molecule has 1 saturated carbocycles. The molecule has 0 radical (unpaired) electrons. The first-order chi connectivity index (χ1) is 10.4. The van der Waals surface area contributed by atoms with Crippen LogP contribution in [0.15, 0.2) is 30.3 Å². The number of rotatable bonds is 6. The molecule has 120 valence electrons. The third-order valence-electron chi connectivity index (χ3n) is 4.54. The Morgan fingerprint density at radius 1 is 1.23 bits per heavy atom. The molecule has 0 aliphatic heterocycles. The minimum atomic E-state index is -0.671. The molecule has 1 fully saturated rings. The molecule has 1 aliphatic rings. The number of hydrogen-bond donors (Lipinski definition) is 3. The highest BCUT2D eigenvalue weighted by Gasteiger charge is 2.39. The zero-order chi connectivity index (χ0) is 16.2. The van der Waals surface area contributed by atoms with Crippen molar-refractivity contribution in [3.05, 3.63) is 35.9 Å². The van der Waals surface area contributed by atoms with Crippen LogP contribution in [0.25, 0.3) is 0 Å². The van der Waals surface area contributed by atoms with Crippen molar-refractivity contribution in [3.8, 4) is 0 Å². The number of nitrogens with two attached hydrogens (primary N) is 1. The molecular weight excluding hydrogens is 278 g/mol. The highest BCUT2D eigenvalue weighted by molar-refractivity contribution is 5.86. The predicted octanol–water partition coefficient (Wildman–Crippen LogP) is 1.92. The van der Waals surface area contributed by atoms with Crippen molar-refractivity contribution in [2.75, 3.05) is 6.54 Å². The summed E-state index contributed by atoms with van der Waals surface area (Å²) >= 11 is 0. The van der Waals surface area contributed by atoms with Gasteiger partial charge in [-0.1, -0.05) is 50.6 Å². The maximum Gasteiger partial charge on any atom is 0.312 e. The van der Waals surface area contributed by atoms with Gasteiger partial charge >= 0.3 is 6.03 Å². The van der Waals surface area contributed by atoms with E-state index in [-0.39, 0.29) is 17.2 Å². The van der Waals surface area contributed by atoms with Gasteiger partial charge < -0.3 is 16.4 Å². The van der Waals surface area contributed by atoms with Crippen molar-refractivity contribution in [3.63, 3.8) is 0 Å². The molecule has 1 atom stereocenters. The molecule has 0 bridgehead atoms. The van der Waals surface area contributed by atoms with Crippen LogP contribution in [0.2, 0.25) is 0 Å². The van der Waals surface area contributed by atoms with E-state index in [1.807, 2.05) is 32.0 Å². The molecule has 4 N–H and O–H groups in total. The van der Waals surface area contributed by atoms with Crippen LogP contribution in [0.1, 0.15) is 38.7 Å². The first kappa shape index (κ1) is 16.3. The number of hydrogen-bond acceptors (Lipinski definition) is 2. The van der Waals surface area contributed by atoms with Gasteiger partial charge in [-0.15, -0.1) is 0 Å². The van der Waals surface area contributed by atoms with Gasteiger partial charge in [0.15, 0.2) is 0 Å². The fourth-order valence-electron chi connectivity index (χ4n) is 3.02. The normalized spacial score (nSPS) is 17.4. The van der Waals surface area contributed by atoms with E-state index in [0.717, 1.165) is 12.8 Å². The van der Waals surface area contributed by atoms with Crippen molar-refractivity contribution in [1.29, 1.82) is 0 Å². The van der Waals surface area contributed by atoms with Gasteiger partial charge in [-0.25, -0.2) is 4.79 Å². The molecule has 3 amide bonds. The van der Waals surface area contributed by atoms with Crippen LogP contribution in [0.3, 0.4) is 0 Å². The molecule has 0 spiro atoms. The second kappa shape index (κ2) is 6.81. The van der Waals surface area contributed by atoms with Crippen LogP contribution < -0.4 is 16.4 Å². The molecule has 1 aromatic carbocycles. The van der Waals surface area contributed by atoms with E-state index >= 15 is 0 Å². The molecule has 22 heavy (non-hydrogen) atoms. The van der Waals surface area contributed by atoms with E-state index in [1.54, 1.807) is 0 Å². The quantitative estimate of drug-likeness (QED) is 0.750. The molecule has 0 heterocycles. The SMILES string of the molecule is CC(C)C(NC(N)=O)C(=O)NCC1(c2ccccc2)CCC1. The zero-order valence-corrected chi connectivity index (χ0v) is 13.3. The van der Waals surface area contributed by atoms with Gasteiger partial charge in [0, 0.05) is 12.0 Å². The van der Waals surface area contributed by atoms with Crippen molar-refractivity contribution < 1.29 is 9.59 Å². The minimum Gasteiger partial charge on any atom is -0.353 e. The predicted molar refractivity (Wildman–Crippen MR) is 86.3 cm³/mol. The monoisotopic (exact) mass is 303 g/mol. The van der Waals surface area contributed by atoms with E-state index in [2.05, 4.69) is 22.8 Å². The van der Waals surface area contributed by atoms with Crippen LogP contribution in [0.5, 0.6) is 0 Å². The van der Waals surface area contributed by atoms with E-state index < -0.39 is 12.1 Å². The first-order valence-corrected chi connectivity index (χ1v) is 7.84. The summed E-state index contributed by atoms with van der Waals surface area (Å²) in [5.74, 6) is -0.183. The highest BCUT2D eigenvalue weighted by Crippen LogP contribution is 2.43. The maximum absolute atomic E-state index is 12.4. The van der Waals surface area contributed by atoms with Gasteiger partial charge in [-0.3, -0.25) is 4.79 Å². The Morgan fingerprint density at radius 2 is 1.86 bits per heavy atom. The standard InChI is InChI=1S/C17H25N3O2/c1-12(2)14(20-16(18)22)15(21)19-11-17(9-6-10-17)13-7-4-3-5-8-13/h3-5,7-8,12,14H,6,9-11H2,1-2H3,(H,19,21)(H3,18,20,22). The molecule has 2 rings (SSSR count). The molecule has 5 heteroatoms. The lowest BCUT2D eigenvalue weighted by atomic mass is 9.64. The Kier molecular flexibility index (Phi) is 5.06. The number of carbonyl (C=O) groups excluding carboxylic acids is 2. The minimum absolute atomic E-state index is 0.0124. The van der Waals surface area contributed by atoms with Crippen LogP contribution >= 0.6 is 0 Å². The maximum atomic E-state index is 12.4. The third-order valence-corrected chi connectivity index (χ3v) is 4.54. The lowest BCUT2D eigenvalue weighted by molar-refractivity contribution is -0.124. The number of primary amides is 1. The van der Waals surface area contributed by atoms with E-state index in [9.17, 15) is 9.59 Å². The van der Waals surface area contributed by atoms with Gasteiger partial charge in [-0.2, -0.15) is 0 Å². The number of amides is 3. The third kappa shape index (κ3) is 3.59. The average Bonchev–Trinajstić information content (AvgIpc) is 2.44. The van der Waals surface area contributed by atoms with Crippen LogP contribution in [0, 0.1) is 5.92 Å². The van der Waals surface area contributed by atoms with Gasteiger partial charge in [0.2, 0.25) is 5.91 Å². The summed E-state index contributed by atoms with van der Waals surface area (Å²) < 4.78 is 0. The molecule has 1 aromatic rings. The van der Waals surface area contributed by atoms with Crippen LogP contribution in [-0.4, -0.2) is 24.5 Å². The lowest BCUT2D eigenvalue weighted by Gasteiger charge is -2.43. The smallest absolute Gasteiger partial charge is 0.312 e. The van der Waals surface area contributed by atoms with Gasteiger partial charge in [-0.05, 0) is 24.3 Å². The fourth-order valence-corrected chi connectivity index (χ4v) is 3.02. The summed E-state index contributed by atoms with van der Waals surface area (Å²) in [6, 6.07) is 9.03. The van der Waals surface area contributed by atoms with Crippen LogP contribution in [-0.2, 0) is 10.2 Å². The summed E-state index contributed by atoms with van der Waals surface area (Å²) in [4.78, 5) is 23.4. The van der Waals surface area contributed by atoms with Gasteiger partial charge in [0.25, 0.3) is 0 Å². The van der Waals surface area contributed by atoms with E-state index in [4.69, 9.17) is 5.73 Å². The first-order valence-electron chi connectivity index (χ1n) is 7.84.